The number of hydrogen-bond donors (Lipinski definition) is 1. The standard InChI is InChI=1S/C8H9BrFNO2S/c1-11-14(12,13)5-6-2-3-7(9)4-8(6)10/h2-4,11H,5H2,1H3. The van der Waals surface area contributed by atoms with E-state index >= 15 is 0 Å². The van der Waals surface area contributed by atoms with Crippen molar-refractivity contribution in [2.24, 2.45) is 0 Å². The lowest BCUT2D eigenvalue weighted by Gasteiger charge is -2.04. The molecule has 0 aromatic heterocycles. The fourth-order valence-electron chi connectivity index (χ4n) is 0.916. The van der Waals surface area contributed by atoms with Crippen LogP contribution in [0, 0.1) is 5.82 Å². The van der Waals surface area contributed by atoms with E-state index in [0.717, 1.165) is 0 Å². The molecule has 0 bridgehead atoms. The van der Waals surface area contributed by atoms with E-state index in [4.69, 9.17) is 0 Å². The zero-order valence-electron chi connectivity index (χ0n) is 7.42. The highest BCUT2D eigenvalue weighted by atomic mass is 79.9. The average Bonchev–Trinajstić information content (AvgIpc) is 2.10. The van der Waals surface area contributed by atoms with E-state index in [1.54, 1.807) is 6.07 Å². The Labute approximate surface area is 90.5 Å². The Morgan fingerprint density at radius 1 is 1.50 bits per heavy atom. The van der Waals surface area contributed by atoms with Gasteiger partial charge in [0.2, 0.25) is 10.0 Å². The molecule has 0 saturated heterocycles. The van der Waals surface area contributed by atoms with Gasteiger partial charge < -0.3 is 0 Å². The van der Waals surface area contributed by atoms with Crippen LogP contribution in [0.4, 0.5) is 4.39 Å². The summed E-state index contributed by atoms with van der Waals surface area (Å²) in [6.07, 6.45) is 0. The Bertz CT molecular complexity index is 433. The fraction of sp³-hybridized carbons (Fsp3) is 0.250. The summed E-state index contributed by atoms with van der Waals surface area (Å²) in [5, 5.41) is 0. The zero-order chi connectivity index (χ0) is 10.8. The maximum Gasteiger partial charge on any atom is 0.215 e. The largest absolute Gasteiger partial charge is 0.218 e. The van der Waals surface area contributed by atoms with Crippen molar-refractivity contribution in [3.8, 4) is 0 Å². The first-order chi connectivity index (χ1) is 6.44. The molecular formula is C8H9BrFNO2S. The third kappa shape index (κ3) is 3.04. The first-order valence-corrected chi connectivity index (χ1v) is 6.24. The van der Waals surface area contributed by atoms with E-state index in [-0.39, 0.29) is 11.3 Å². The lowest BCUT2D eigenvalue weighted by atomic mass is 10.2. The second kappa shape index (κ2) is 4.37. The molecule has 1 aromatic carbocycles. The van der Waals surface area contributed by atoms with Crippen LogP contribution in [0.15, 0.2) is 22.7 Å². The van der Waals surface area contributed by atoms with Gasteiger partial charge in [-0.3, -0.25) is 0 Å². The van der Waals surface area contributed by atoms with E-state index in [1.807, 2.05) is 0 Å². The highest BCUT2D eigenvalue weighted by Gasteiger charge is 2.12. The molecule has 0 heterocycles. The fourth-order valence-corrected chi connectivity index (χ4v) is 2.04. The summed E-state index contributed by atoms with van der Waals surface area (Å²) in [6.45, 7) is 0. The highest BCUT2D eigenvalue weighted by Crippen LogP contribution is 2.16. The number of nitrogens with one attached hydrogen (secondary N) is 1. The molecule has 0 radical (unpaired) electrons. The predicted molar refractivity (Wildman–Crippen MR) is 55.8 cm³/mol. The second-order valence-electron chi connectivity index (χ2n) is 2.70. The monoisotopic (exact) mass is 281 g/mol. The van der Waals surface area contributed by atoms with Crippen LogP contribution < -0.4 is 4.72 Å². The normalized spacial score (nSPS) is 11.6. The molecule has 1 rings (SSSR count). The summed E-state index contributed by atoms with van der Waals surface area (Å²) in [4.78, 5) is 0. The van der Waals surface area contributed by atoms with Crippen molar-refractivity contribution >= 4 is 26.0 Å². The minimum Gasteiger partial charge on any atom is -0.218 e. The van der Waals surface area contributed by atoms with Gasteiger partial charge in [0.25, 0.3) is 0 Å². The summed E-state index contributed by atoms with van der Waals surface area (Å²) < 4.78 is 38.1. The molecule has 0 spiro atoms. The van der Waals surface area contributed by atoms with Crippen LogP contribution in [-0.2, 0) is 15.8 Å². The Balaban J connectivity index is 2.99. The van der Waals surface area contributed by atoms with Gasteiger partial charge in [-0.2, -0.15) is 0 Å². The molecule has 1 N–H and O–H groups in total. The summed E-state index contributed by atoms with van der Waals surface area (Å²) >= 11 is 3.09. The maximum absolute atomic E-state index is 13.2. The Morgan fingerprint density at radius 3 is 2.64 bits per heavy atom. The predicted octanol–water partition coefficient (Wildman–Crippen LogP) is 1.64. The number of halogens is 2. The Kier molecular flexibility index (Phi) is 3.63. The number of sulfonamides is 1. The lowest BCUT2D eigenvalue weighted by molar-refractivity contribution is 0.580. The quantitative estimate of drug-likeness (QED) is 0.916. The van der Waals surface area contributed by atoms with Crippen LogP contribution in [0.25, 0.3) is 0 Å². The Morgan fingerprint density at radius 2 is 2.14 bits per heavy atom. The van der Waals surface area contributed by atoms with Gasteiger partial charge in [0, 0.05) is 10.0 Å². The third-order valence-electron chi connectivity index (χ3n) is 1.67. The molecule has 0 amide bonds. The van der Waals surface area contributed by atoms with Crippen LogP contribution >= 0.6 is 15.9 Å². The van der Waals surface area contributed by atoms with Crippen molar-refractivity contribution < 1.29 is 12.8 Å². The van der Waals surface area contributed by atoms with E-state index in [9.17, 15) is 12.8 Å². The molecule has 1 aromatic rings. The van der Waals surface area contributed by atoms with Crippen molar-refractivity contribution in [1.29, 1.82) is 0 Å². The van der Waals surface area contributed by atoms with E-state index in [2.05, 4.69) is 20.7 Å². The van der Waals surface area contributed by atoms with Crippen LogP contribution in [-0.4, -0.2) is 15.5 Å². The minimum absolute atomic E-state index is 0.155. The smallest absolute Gasteiger partial charge is 0.215 e. The van der Waals surface area contributed by atoms with Crippen molar-refractivity contribution in [2.75, 3.05) is 7.05 Å². The SMILES string of the molecule is CNS(=O)(=O)Cc1ccc(Br)cc1F. The van der Waals surface area contributed by atoms with Gasteiger partial charge in [0.15, 0.2) is 0 Å². The number of benzene rings is 1. The van der Waals surface area contributed by atoms with Crippen molar-refractivity contribution in [1.82, 2.24) is 4.72 Å². The number of rotatable bonds is 3. The third-order valence-corrected chi connectivity index (χ3v) is 3.48. The van der Waals surface area contributed by atoms with Gasteiger partial charge in [-0.15, -0.1) is 0 Å². The van der Waals surface area contributed by atoms with Crippen LogP contribution in [0.3, 0.4) is 0 Å². The van der Waals surface area contributed by atoms with Crippen molar-refractivity contribution in [3.63, 3.8) is 0 Å². The molecule has 0 aliphatic carbocycles. The molecule has 14 heavy (non-hydrogen) atoms. The van der Waals surface area contributed by atoms with Crippen LogP contribution in [0.5, 0.6) is 0 Å². The van der Waals surface area contributed by atoms with Gasteiger partial charge in [0.1, 0.15) is 5.82 Å². The molecule has 0 aliphatic heterocycles. The molecule has 0 aliphatic rings. The maximum atomic E-state index is 13.2. The van der Waals surface area contributed by atoms with Crippen molar-refractivity contribution in [3.05, 3.63) is 34.1 Å². The molecule has 78 valence electrons. The lowest BCUT2D eigenvalue weighted by Crippen LogP contribution is -2.20. The van der Waals surface area contributed by atoms with E-state index in [1.165, 1.54) is 19.2 Å². The van der Waals surface area contributed by atoms with Gasteiger partial charge in [-0.25, -0.2) is 17.5 Å². The molecule has 0 unspecified atom stereocenters. The molecule has 0 atom stereocenters. The van der Waals surface area contributed by atoms with Crippen LogP contribution in [0.2, 0.25) is 0 Å². The van der Waals surface area contributed by atoms with Crippen molar-refractivity contribution in [2.45, 2.75) is 5.75 Å². The first kappa shape index (κ1) is 11.6. The van der Waals surface area contributed by atoms with Gasteiger partial charge >= 0.3 is 0 Å². The molecule has 0 saturated carbocycles. The molecule has 6 heteroatoms. The van der Waals surface area contributed by atoms with E-state index < -0.39 is 15.8 Å². The summed E-state index contributed by atoms with van der Waals surface area (Å²) in [7, 11) is -2.12. The molecule has 3 nitrogen and oxygen atoms in total. The summed E-state index contributed by atoms with van der Waals surface area (Å²) in [5.74, 6) is -0.874. The second-order valence-corrected chi connectivity index (χ2v) is 5.54. The summed E-state index contributed by atoms with van der Waals surface area (Å²) in [5.41, 5.74) is 0.155. The average molecular weight is 282 g/mol. The highest BCUT2D eigenvalue weighted by molar-refractivity contribution is 9.10. The van der Waals surface area contributed by atoms with Gasteiger partial charge in [0.05, 0.1) is 5.75 Å². The van der Waals surface area contributed by atoms with Gasteiger partial charge in [-0.05, 0) is 19.2 Å². The molecule has 0 fully saturated rings. The minimum atomic E-state index is -3.41. The molecular weight excluding hydrogens is 273 g/mol. The Hall–Kier alpha value is -0.460. The number of hydrogen-bond acceptors (Lipinski definition) is 2. The first-order valence-electron chi connectivity index (χ1n) is 3.80. The summed E-state index contributed by atoms with van der Waals surface area (Å²) in [6, 6.07) is 4.28. The zero-order valence-corrected chi connectivity index (χ0v) is 9.82. The van der Waals surface area contributed by atoms with E-state index in [0.29, 0.717) is 4.47 Å². The topological polar surface area (TPSA) is 46.2 Å². The van der Waals surface area contributed by atoms with Crippen LogP contribution in [0.1, 0.15) is 5.56 Å². The van der Waals surface area contributed by atoms with Gasteiger partial charge in [-0.1, -0.05) is 22.0 Å².